The van der Waals surface area contributed by atoms with Crippen LogP contribution in [-0.2, 0) is 32.0 Å². The zero-order valence-electron chi connectivity index (χ0n) is 14.7. The van der Waals surface area contributed by atoms with Crippen LogP contribution in [0.5, 0.6) is 0 Å². The summed E-state index contributed by atoms with van der Waals surface area (Å²) in [5.74, 6) is 8.31. The van der Waals surface area contributed by atoms with E-state index in [-0.39, 0.29) is 24.7 Å². The second-order valence-electron chi connectivity index (χ2n) is 5.77. The Morgan fingerprint density at radius 1 is 0.846 bits per heavy atom. The van der Waals surface area contributed by atoms with E-state index in [9.17, 15) is 19.2 Å². The monoisotopic (exact) mass is 364 g/mol. The van der Waals surface area contributed by atoms with Crippen molar-refractivity contribution in [3.63, 3.8) is 0 Å². The summed E-state index contributed by atoms with van der Waals surface area (Å²) in [6, 6.07) is 5.39. The van der Waals surface area contributed by atoms with E-state index >= 15 is 0 Å². The topological polar surface area (TPSA) is 168 Å². The number of amides is 4. The lowest BCUT2D eigenvalue weighted by molar-refractivity contribution is -0.128. The van der Waals surface area contributed by atoms with E-state index < -0.39 is 23.9 Å². The van der Waals surface area contributed by atoms with Crippen LogP contribution in [0.15, 0.2) is 24.3 Å². The van der Waals surface area contributed by atoms with Crippen molar-refractivity contribution in [1.82, 2.24) is 21.5 Å². The van der Waals surface area contributed by atoms with Gasteiger partial charge in [0, 0.05) is 0 Å². The summed E-state index contributed by atoms with van der Waals surface area (Å²) >= 11 is 0. The van der Waals surface area contributed by atoms with Gasteiger partial charge in [-0.05, 0) is 25.0 Å². The number of hydrogen-bond donors (Lipinski definition) is 6. The molecule has 0 saturated heterocycles. The molecule has 0 aliphatic rings. The van der Waals surface area contributed by atoms with E-state index in [4.69, 9.17) is 11.7 Å². The molecule has 0 radical (unpaired) electrons. The highest BCUT2D eigenvalue weighted by Gasteiger charge is 2.16. The molecule has 0 heterocycles. The Balaban J connectivity index is 2.62. The maximum atomic E-state index is 12.0. The molecule has 142 valence electrons. The predicted octanol–water partition coefficient (Wildman–Crippen LogP) is -2.24. The number of carbonyl (C=O) groups is 4. The summed E-state index contributed by atoms with van der Waals surface area (Å²) in [5, 5.41) is 5.04. The van der Waals surface area contributed by atoms with Crippen LogP contribution in [0, 0.1) is 0 Å². The normalized spacial score (nSPS) is 12.5. The molecule has 1 rings (SSSR count). The molecule has 2 atom stereocenters. The van der Waals surface area contributed by atoms with Crippen molar-refractivity contribution in [2.75, 3.05) is 0 Å². The lowest BCUT2D eigenvalue weighted by Crippen LogP contribution is -2.47. The van der Waals surface area contributed by atoms with Gasteiger partial charge in [-0.25, -0.2) is 11.7 Å². The van der Waals surface area contributed by atoms with Crippen molar-refractivity contribution in [2.24, 2.45) is 11.7 Å². The molecule has 10 heteroatoms. The fourth-order valence-electron chi connectivity index (χ4n) is 2.19. The van der Waals surface area contributed by atoms with Gasteiger partial charge in [0.05, 0.1) is 12.8 Å². The minimum atomic E-state index is -0.753. The highest BCUT2D eigenvalue weighted by molar-refractivity contribution is 5.88. The Kier molecular flexibility index (Phi) is 8.19. The van der Waals surface area contributed by atoms with Gasteiger partial charge in [0.25, 0.3) is 11.8 Å². The standard InChI is InChI=1S/C16H24N6O4/c1-9(15(25)21-17)19-13(23)7-11-4-3-5-12(6-11)8-14(24)20-10(2)16(26)22-18/h3-6,9-10H,7-8,17-18H2,1-2H3,(H,19,23)(H,20,24)(H,21,25)(H,22,26)/t9-,10-/m0/s1. The Morgan fingerprint density at radius 3 is 1.58 bits per heavy atom. The minimum Gasteiger partial charge on any atom is -0.344 e. The van der Waals surface area contributed by atoms with E-state index in [1.807, 2.05) is 10.9 Å². The van der Waals surface area contributed by atoms with Crippen LogP contribution >= 0.6 is 0 Å². The Morgan fingerprint density at radius 2 is 1.23 bits per heavy atom. The third-order valence-corrected chi connectivity index (χ3v) is 3.55. The van der Waals surface area contributed by atoms with Gasteiger partial charge in [0.15, 0.2) is 0 Å². The summed E-state index contributed by atoms with van der Waals surface area (Å²) in [5.41, 5.74) is 5.28. The zero-order chi connectivity index (χ0) is 19.7. The van der Waals surface area contributed by atoms with Crippen LogP contribution in [0.2, 0.25) is 0 Å². The SMILES string of the molecule is C[C@H](NC(=O)Cc1cccc(CC(=O)N[C@@H](C)C(=O)NN)c1)C(=O)NN. The first kappa shape index (κ1) is 21.1. The van der Waals surface area contributed by atoms with Crippen molar-refractivity contribution in [2.45, 2.75) is 38.8 Å². The van der Waals surface area contributed by atoms with Crippen molar-refractivity contribution in [1.29, 1.82) is 0 Å². The molecule has 0 saturated carbocycles. The molecule has 0 aliphatic heterocycles. The molecule has 0 bridgehead atoms. The second-order valence-corrected chi connectivity index (χ2v) is 5.77. The Hall–Kier alpha value is -2.98. The first-order valence-corrected chi connectivity index (χ1v) is 7.94. The van der Waals surface area contributed by atoms with Gasteiger partial charge in [-0.15, -0.1) is 0 Å². The van der Waals surface area contributed by atoms with Gasteiger partial charge >= 0.3 is 0 Å². The summed E-state index contributed by atoms with van der Waals surface area (Å²) in [7, 11) is 0. The van der Waals surface area contributed by atoms with E-state index in [1.165, 1.54) is 13.8 Å². The molecule has 10 nitrogen and oxygen atoms in total. The number of nitrogens with two attached hydrogens (primary N) is 2. The van der Waals surface area contributed by atoms with Crippen LogP contribution in [0.3, 0.4) is 0 Å². The van der Waals surface area contributed by atoms with Crippen LogP contribution < -0.4 is 33.2 Å². The molecule has 0 spiro atoms. The average molecular weight is 364 g/mol. The number of hydrogen-bond acceptors (Lipinski definition) is 6. The molecule has 0 fully saturated rings. The van der Waals surface area contributed by atoms with Gasteiger partial charge in [0.1, 0.15) is 12.1 Å². The molecule has 4 amide bonds. The van der Waals surface area contributed by atoms with Crippen molar-refractivity contribution >= 4 is 23.6 Å². The molecule has 0 aromatic heterocycles. The van der Waals surface area contributed by atoms with Crippen LogP contribution in [-0.4, -0.2) is 35.7 Å². The number of rotatable bonds is 8. The van der Waals surface area contributed by atoms with Crippen LogP contribution in [0.25, 0.3) is 0 Å². The molecule has 8 N–H and O–H groups in total. The van der Waals surface area contributed by atoms with Crippen molar-refractivity contribution < 1.29 is 19.2 Å². The van der Waals surface area contributed by atoms with Gasteiger partial charge in [0.2, 0.25) is 11.8 Å². The molecule has 0 aliphatic carbocycles. The smallest absolute Gasteiger partial charge is 0.256 e. The van der Waals surface area contributed by atoms with Gasteiger partial charge in [-0.1, -0.05) is 24.3 Å². The number of benzene rings is 1. The summed E-state index contributed by atoms with van der Waals surface area (Å²) in [6.45, 7) is 3.03. The third-order valence-electron chi connectivity index (χ3n) is 3.55. The third kappa shape index (κ3) is 6.87. The zero-order valence-corrected chi connectivity index (χ0v) is 14.7. The summed E-state index contributed by atoms with van der Waals surface area (Å²) in [6.07, 6.45) is 0.0905. The molecular formula is C16H24N6O4. The minimum absolute atomic E-state index is 0.0453. The largest absolute Gasteiger partial charge is 0.344 e. The van der Waals surface area contributed by atoms with E-state index in [0.717, 1.165) is 0 Å². The molecule has 1 aromatic rings. The van der Waals surface area contributed by atoms with Gasteiger partial charge in [-0.2, -0.15) is 0 Å². The molecule has 26 heavy (non-hydrogen) atoms. The molecular weight excluding hydrogens is 340 g/mol. The van der Waals surface area contributed by atoms with Crippen molar-refractivity contribution in [3.8, 4) is 0 Å². The Labute approximate surface area is 151 Å². The van der Waals surface area contributed by atoms with Gasteiger partial charge in [-0.3, -0.25) is 30.0 Å². The Bertz CT molecular complexity index is 625. The lowest BCUT2D eigenvalue weighted by atomic mass is 10.0. The van der Waals surface area contributed by atoms with Crippen molar-refractivity contribution in [3.05, 3.63) is 35.4 Å². The number of nitrogens with one attached hydrogen (secondary N) is 4. The quantitative estimate of drug-likeness (QED) is 0.173. The number of hydrazine groups is 2. The van der Waals surface area contributed by atoms with Gasteiger partial charge < -0.3 is 10.6 Å². The maximum Gasteiger partial charge on any atom is 0.256 e. The van der Waals surface area contributed by atoms with Crippen LogP contribution in [0.1, 0.15) is 25.0 Å². The molecule has 1 aromatic carbocycles. The fraction of sp³-hybridized carbons (Fsp3) is 0.375. The highest BCUT2D eigenvalue weighted by atomic mass is 16.2. The molecule has 0 unspecified atom stereocenters. The van der Waals surface area contributed by atoms with E-state index in [2.05, 4.69) is 10.6 Å². The van der Waals surface area contributed by atoms with E-state index in [1.54, 1.807) is 24.3 Å². The number of carbonyl (C=O) groups excluding carboxylic acids is 4. The average Bonchev–Trinajstić information content (AvgIpc) is 2.59. The van der Waals surface area contributed by atoms with Crippen LogP contribution in [0.4, 0.5) is 0 Å². The first-order valence-electron chi connectivity index (χ1n) is 7.94. The second kappa shape index (κ2) is 10.1. The van der Waals surface area contributed by atoms with E-state index in [0.29, 0.717) is 11.1 Å². The first-order chi connectivity index (χ1) is 12.3. The predicted molar refractivity (Wildman–Crippen MR) is 93.7 cm³/mol. The lowest BCUT2D eigenvalue weighted by Gasteiger charge is -2.13. The summed E-state index contributed by atoms with van der Waals surface area (Å²) in [4.78, 5) is 46.5. The summed E-state index contributed by atoms with van der Waals surface area (Å²) < 4.78 is 0. The highest BCUT2D eigenvalue weighted by Crippen LogP contribution is 2.07. The maximum absolute atomic E-state index is 12.0. The fourth-order valence-corrected chi connectivity index (χ4v) is 2.19.